The molecule has 0 aliphatic heterocycles. The minimum atomic E-state index is -1.71. The van der Waals surface area contributed by atoms with Gasteiger partial charge in [0.05, 0.1) is 13.2 Å². The topological polar surface area (TPSA) is 61.6 Å². The monoisotopic (exact) mass is 245 g/mol. The Kier molecular flexibility index (Phi) is 8.80. The molecule has 0 saturated carbocycles. The van der Waals surface area contributed by atoms with Crippen molar-refractivity contribution in [1.29, 1.82) is 0 Å². The molecule has 16 heavy (non-hydrogen) atoms. The first kappa shape index (κ1) is 15.1. The van der Waals surface area contributed by atoms with E-state index < -0.39 is 11.3 Å². The lowest BCUT2D eigenvalue weighted by Crippen LogP contribution is -2.06. The van der Waals surface area contributed by atoms with Gasteiger partial charge in [-0.1, -0.05) is 26.0 Å². The number of nitrogens with two attached hydrogens (primary N) is 1. The fourth-order valence-corrected chi connectivity index (χ4v) is 1.23. The van der Waals surface area contributed by atoms with Gasteiger partial charge in [-0.05, 0) is 24.6 Å². The molecule has 0 aliphatic carbocycles. The van der Waals surface area contributed by atoms with Crippen molar-refractivity contribution in [2.75, 3.05) is 6.61 Å². The molecule has 92 valence electrons. The van der Waals surface area contributed by atoms with Crippen LogP contribution in [0, 0.1) is 0 Å². The third-order valence-corrected chi connectivity index (χ3v) is 1.93. The molecule has 1 aromatic carbocycles. The summed E-state index contributed by atoms with van der Waals surface area (Å²) in [7, 11) is 0. The van der Waals surface area contributed by atoms with Gasteiger partial charge in [0.15, 0.2) is 0 Å². The molecule has 0 aromatic heterocycles. The van der Waals surface area contributed by atoms with E-state index in [1.807, 2.05) is 45.0 Å². The molecule has 0 saturated heterocycles. The SMILES string of the molecule is CC.CCOc1ccc(COS(N)=O)cc1. The van der Waals surface area contributed by atoms with E-state index in [9.17, 15) is 4.21 Å². The molecule has 2 N–H and O–H groups in total. The van der Waals surface area contributed by atoms with Crippen molar-refractivity contribution in [2.45, 2.75) is 27.4 Å². The molecule has 0 fully saturated rings. The summed E-state index contributed by atoms with van der Waals surface area (Å²) in [5, 5.41) is 4.94. The van der Waals surface area contributed by atoms with Crippen LogP contribution in [0.4, 0.5) is 0 Å². The van der Waals surface area contributed by atoms with Crippen LogP contribution in [0.1, 0.15) is 26.3 Å². The van der Waals surface area contributed by atoms with E-state index in [2.05, 4.69) is 0 Å². The van der Waals surface area contributed by atoms with Crippen molar-refractivity contribution in [3.63, 3.8) is 0 Å². The van der Waals surface area contributed by atoms with Crippen LogP contribution < -0.4 is 9.88 Å². The molecular weight excluding hydrogens is 226 g/mol. The summed E-state index contributed by atoms with van der Waals surface area (Å²) in [6.07, 6.45) is 0. The van der Waals surface area contributed by atoms with Crippen molar-refractivity contribution >= 4 is 11.3 Å². The minimum absolute atomic E-state index is 0.246. The number of hydrogen-bond donors (Lipinski definition) is 1. The van der Waals surface area contributed by atoms with Gasteiger partial charge in [0.25, 0.3) is 0 Å². The Bertz CT molecular complexity index is 301. The maximum Gasteiger partial charge on any atom is 0.231 e. The molecule has 0 bridgehead atoms. The molecule has 1 aromatic rings. The molecule has 1 atom stereocenters. The number of benzene rings is 1. The Balaban J connectivity index is 0.00000106. The lowest BCUT2D eigenvalue weighted by molar-refractivity contribution is 0.333. The van der Waals surface area contributed by atoms with Gasteiger partial charge in [-0.15, -0.1) is 0 Å². The molecule has 0 heterocycles. The van der Waals surface area contributed by atoms with Gasteiger partial charge in [0.2, 0.25) is 11.3 Å². The van der Waals surface area contributed by atoms with Gasteiger partial charge < -0.3 is 4.74 Å². The van der Waals surface area contributed by atoms with Gasteiger partial charge in [-0.2, -0.15) is 0 Å². The first-order chi connectivity index (χ1) is 7.72. The van der Waals surface area contributed by atoms with Gasteiger partial charge in [0, 0.05) is 0 Å². The Morgan fingerprint density at radius 3 is 2.25 bits per heavy atom. The fraction of sp³-hybridized carbons (Fsp3) is 0.455. The van der Waals surface area contributed by atoms with Gasteiger partial charge in [-0.3, -0.25) is 4.18 Å². The van der Waals surface area contributed by atoms with Gasteiger partial charge in [-0.25, -0.2) is 9.35 Å². The minimum Gasteiger partial charge on any atom is -0.494 e. The predicted octanol–water partition coefficient (Wildman–Crippen LogP) is 2.17. The molecular formula is C11H19NO3S. The second kappa shape index (κ2) is 9.33. The smallest absolute Gasteiger partial charge is 0.231 e. The lowest BCUT2D eigenvalue weighted by atomic mass is 10.2. The molecule has 0 amide bonds. The summed E-state index contributed by atoms with van der Waals surface area (Å²) in [4.78, 5) is 0. The highest BCUT2D eigenvalue weighted by atomic mass is 32.2. The van der Waals surface area contributed by atoms with Crippen LogP contribution in [0.15, 0.2) is 24.3 Å². The number of hydrogen-bond acceptors (Lipinski definition) is 3. The quantitative estimate of drug-likeness (QED) is 0.864. The van der Waals surface area contributed by atoms with Crippen molar-refractivity contribution in [3.8, 4) is 5.75 Å². The second-order valence-electron chi connectivity index (χ2n) is 2.60. The van der Waals surface area contributed by atoms with Crippen molar-refractivity contribution in [1.82, 2.24) is 0 Å². The van der Waals surface area contributed by atoms with Crippen LogP contribution in [-0.2, 0) is 22.1 Å². The first-order valence-electron chi connectivity index (χ1n) is 5.23. The maximum absolute atomic E-state index is 10.4. The Morgan fingerprint density at radius 1 is 1.25 bits per heavy atom. The first-order valence-corrected chi connectivity index (χ1v) is 6.37. The van der Waals surface area contributed by atoms with Crippen molar-refractivity contribution < 1.29 is 13.1 Å². The lowest BCUT2D eigenvalue weighted by Gasteiger charge is -2.04. The summed E-state index contributed by atoms with van der Waals surface area (Å²) < 4.78 is 20.4. The van der Waals surface area contributed by atoms with Crippen LogP contribution in [0.3, 0.4) is 0 Å². The Hall–Kier alpha value is -0.910. The molecule has 5 heteroatoms. The Morgan fingerprint density at radius 2 is 1.81 bits per heavy atom. The fourth-order valence-electron chi connectivity index (χ4n) is 0.975. The molecule has 0 radical (unpaired) electrons. The summed E-state index contributed by atoms with van der Waals surface area (Å²) in [5.41, 5.74) is 0.909. The third-order valence-electron chi connectivity index (χ3n) is 1.58. The summed E-state index contributed by atoms with van der Waals surface area (Å²) in [6.45, 7) is 6.81. The predicted molar refractivity (Wildman–Crippen MR) is 66.1 cm³/mol. The second-order valence-corrected chi connectivity index (χ2v) is 3.36. The Labute approximate surface area is 99.5 Å². The average molecular weight is 245 g/mol. The molecule has 4 nitrogen and oxygen atoms in total. The van der Waals surface area contributed by atoms with Gasteiger partial charge in [0.1, 0.15) is 5.75 Å². The van der Waals surface area contributed by atoms with E-state index in [0.29, 0.717) is 6.61 Å². The number of ether oxygens (including phenoxy) is 1. The third kappa shape index (κ3) is 6.55. The summed E-state index contributed by atoms with van der Waals surface area (Å²) in [6, 6.07) is 7.36. The zero-order valence-electron chi connectivity index (χ0n) is 9.93. The highest BCUT2D eigenvalue weighted by molar-refractivity contribution is 7.77. The average Bonchev–Trinajstić information content (AvgIpc) is 2.31. The summed E-state index contributed by atoms with van der Waals surface area (Å²) in [5.74, 6) is 0.810. The van der Waals surface area contributed by atoms with E-state index in [0.717, 1.165) is 11.3 Å². The van der Waals surface area contributed by atoms with E-state index >= 15 is 0 Å². The van der Waals surface area contributed by atoms with Gasteiger partial charge >= 0.3 is 0 Å². The maximum atomic E-state index is 10.4. The molecule has 0 spiro atoms. The zero-order valence-corrected chi connectivity index (χ0v) is 10.8. The van der Waals surface area contributed by atoms with Crippen LogP contribution in [0.5, 0.6) is 5.75 Å². The van der Waals surface area contributed by atoms with Crippen LogP contribution in [0.25, 0.3) is 0 Å². The number of rotatable bonds is 5. The van der Waals surface area contributed by atoms with E-state index in [-0.39, 0.29) is 6.61 Å². The molecule has 0 aliphatic rings. The van der Waals surface area contributed by atoms with Crippen LogP contribution in [-0.4, -0.2) is 10.8 Å². The van der Waals surface area contributed by atoms with Crippen molar-refractivity contribution in [2.24, 2.45) is 5.14 Å². The zero-order chi connectivity index (χ0) is 12.4. The van der Waals surface area contributed by atoms with E-state index in [4.69, 9.17) is 14.1 Å². The summed E-state index contributed by atoms with van der Waals surface area (Å²) >= 11 is -1.71. The normalized spacial score (nSPS) is 11.2. The highest BCUT2D eigenvalue weighted by Gasteiger charge is 1.96. The highest BCUT2D eigenvalue weighted by Crippen LogP contribution is 2.12. The molecule has 1 unspecified atom stereocenters. The standard InChI is InChI=1S/C9H13NO3S.C2H6/c1-2-12-9-5-3-8(4-6-9)7-13-14(10)11;1-2/h3-6H,2,7,10H2,1H3;1-2H3. The van der Waals surface area contributed by atoms with Crippen LogP contribution >= 0.6 is 0 Å². The van der Waals surface area contributed by atoms with Crippen LogP contribution in [0.2, 0.25) is 0 Å². The molecule has 1 rings (SSSR count). The van der Waals surface area contributed by atoms with Crippen molar-refractivity contribution in [3.05, 3.63) is 29.8 Å². The van der Waals surface area contributed by atoms with E-state index in [1.54, 1.807) is 0 Å². The van der Waals surface area contributed by atoms with E-state index in [1.165, 1.54) is 0 Å². The largest absolute Gasteiger partial charge is 0.494 e.